The minimum absolute atomic E-state index is 0.0218. The molecule has 2 rings (SSSR count). The van der Waals surface area contributed by atoms with Crippen molar-refractivity contribution in [2.75, 3.05) is 39.3 Å². The Labute approximate surface area is 281 Å². The first-order valence-electron chi connectivity index (χ1n) is 16.5. The fourth-order valence-corrected chi connectivity index (χ4v) is 4.88. The lowest BCUT2D eigenvalue weighted by Gasteiger charge is -2.17. The largest absolute Gasteiger partial charge is 0.370 e. The van der Waals surface area contributed by atoms with Crippen molar-refractivity contribution in [1.29, 1.82) is 0 Å². The molecular weight excluding hydrogens is 618 g/mol. The highest BCUT2D eigenvalue weighted by Crippen LogP contribution is 2.18. The van der Waals surface area contributed by atoms with Gasteiger partial charge in [0.15, 0.2) is 5.96 Å². The lowest BCUT2D eigenvalue weighted by Crippen LogP contribution is -2.49. The molecule has 0 saturated carbocycles. The maximum absolute atomic E-state index is 12.7. The predicted molar refractivity (Wildman–Crippen MR) is 185 cm³/mol. The van der Waals surface area contributed by atoms with E-state index in [0.717, 1.165) is 48.7 Å². The Bertz CT molecular complexity index is 1340. The summed E-state index contributed by atoms with van der Waals surface area (Å²) in [6.45, 7) is 3.14. The molecule has 0 spiro atoms. The number of amides is 5. The molecule has 0 bridgehead atoms. The molecule has 1 heterocycles. The highest BCUT2D eigenvalue weighted by molar-refractivity contribution is 5.94. The highest BCUT2D eigenvalue weighted by atomic mass is 16.2. The minimum Gasteiger partial charge on any atom is -0.370 e. The molecule has 0 saturated heterocycles. The van der Waals surface area contributed by atoms with Gasteiger partial charge < -0.3 is 54.5 Å². The number of unbranched alkanes of at least 4 members (excludes halogenated alkanes) is 3. The Balaban J connectivity index is 1.48. The standard InChI is InChI=1S/C32H53N11O5/c33-24(10-8-17-41-32(35)36)30(47)39-16-7-6-13-37-18-12-28(45)38-14-4-1-5-15-40-31(48)26(20-27(34)44)43-29(46)19-22-21-42-25-11-3-2-9-23(22)25/h2-3,9,11,21,24,26,37,42H,1,4-8,10,12-20,33H2,(H2,34,44)(H,38,45)(H,39,47)(H,40,48)(H,43,46)(H4,35,36,41)/t24?,26-/m0/s1. The number of nitrogens with two attached hydrogens (primary N) is 4. The van der Waals surface area contributed by atoms with Crippen LogP contribution in [0.2, 0.25) is 0 Å². The van der Waals surface area contributed by atoms with E-state index in [4.69, 9.17) is 22.9 Å². The van der Waals surface area contributed by atoms with Crippen molar-refractivity contribution in [1.82, 2.24) is 31.6 Å². The van der Waals surface area contributed by atoms with Crippen molar-refractivity contribution in [3.8, 4) is 0 Å². The molecule has 0 aliphatic heterocycles. The monoisotopic (exact) mass is 671 g/mol. The maximum atomic E-state index is 12.7. The van der Waals surface area contributed by atoms with Crippen LogP contribution in [0.3, 0.4) is 0 Å². The van der Waals surface area contributed by atoms with Gasteiger partial charge in [-0.2, -0.15) is 0 Å². The van der Waals surface area contributed by atoms with Crippen LogP contribution in [0.15, 0.2) is 35.5 Å². The first-order valence-corrected chi connectivity index (χ1v) is 16.5. The number of para-hydroxylation sites is 1. The number of carbonyl (C=O) groups excluding carboxylic acids is 5. The van der Waals surface area contributed by atoms with E-state index in [1.807, 2.05) is 24.3 Å². The third-order valence-electron chi connectivity index (χ3n) is 7.47. The zero-order valence-corrected chi connectivity index (χ0v) is 27.7. The van der Waals surface area contributed by atoms with Gasteiger partial charge in [0.25, 0.3) is 0 Å². The number of carbonyl (C=O) groups is 5. The summed E-state index contributed by atoms with van der Waals surface area (Å²) in [6.07, 6.45) is 6.80. The van der Waals surface area contributed by atoms with Gasteiger partial charge in [-0.25, -0.2) is 0 Å². The Morgan fingerprint density at radius 1 is 0.771 bits per heavy atom. The fourth-order valence-electron chi connectivity index (χ4n) is 4.88. The Morgan fingerprint density at radius 2 is 1.44 bits per heavy atom. The highest BCUT2D eigenvalue weighted by Gasteiger charge is 2.23. The van der Waals surface area contributed by atoms with Crippen LogP contribution >= 0.6 is 0 Å². The summed E-state index contributed by atoms with van der Waals surface area (Å²) in [5.74, 6) is -1.76. The number of nitrogens with zero attached hydrogens (tertiary/aromatic N) is 1. The molecule has 0 radical (unpaired) electrons. The van der Waals surface area contributed by atoms with Crippen LogP contribution in [-0.2, 0) is 30.4 Å². The van der Waals surface area contributed by atoms with E-state index in [1.165, 1.54) is 0 Å². The average molecular weight is 672 g/mol. The van der Waals surface area contributed by atoms with Gasteiger partial charge in [-0.05, 0) is 63.1 Å². The average Bonchev–Trinajstić information content (AvgIpc) is 3.45. The maximum Gasteiger partial charge on any atom is 0.243 e. The molecular formula is C32H53N11O5. The summed E-state index contributed by atoms with van der Waals surface area (Å²) in [7, 11) is 0. The first kappa shape index (κ1) is 39.5. The van der Waals surface area contributed by atoms with Gasteiger partial charge in [0.2, 0.25) is 29.5 Å². The van der Waals surface area contributed by atoms with Crippen molar-refractivity contribution in [3.05, 3.63) is 36.0 Å². The normalized spacial score (nSPS) is 12.1. The zero-order chi connectivity index (χ0) is 35.1. The van der Waals surface area contributed by atoms with E-state index in [0.29, 0.717) is 58.4 Å². The van der Waals surface area contributed by atoms with Gasteiger partial charge in [0.1, 0.15) is 6.04 Å². The number of fused-ring (bicyclic) bond motifs is 1. The molecule has 16 heteroatoms. The Morgan fingerprint density at radius 3 is 2.17 bits per heavy atom. The summed E-state index contributed by atoms with van der Waals surface area (Å²) in [5, 5.41) is 15.2. The van der Waals surface area contributed by atoms with E-state index in [2.05, 4.69) is 36.6 Å². The second-order valence-electron chi connectivity index (χ2n) is 11.6. The van der Waals surface area contributed by atoms with Crippen LogP contribution in [0.4, 0.5) is 0 Å². The SMILES string of the molecule is NC(=O)C[C@H](NC(=O)Cc1c[nH]c2ccccc12)C(=O)NCCCCCNC(=O)CCNCCCCNC(=O)C(N)CCCN=C(N)N. The molecule has 266 valence electrons. The van der Waals surface area contributed by atoms with Crippen LogP contribution in [0.5, 0.6) is 0 Å². The summed E-state index contributed by atoms with van der Waals surface area (Å²) in [5.41, 5.74) is 23.4. The molecule has 0 aliphatic carbocycles. The second kappa shape index (κ2) is 22.8. The summed E-state index contributed by atoms with van der Waals surface area (Å²) >= 11 is 0. The fraction of sp³-hybridized carbons (Fsp3) is 0.562. The Hall–Kier alpha value is -4.70. The molecule has 2 atom stereocenters. The topological polar surface area (TPSA) is 278 Å². The van der Waals surface area contributed by atoms with Crippen LogP contribution in [-0.4, -0.2) is 91.8 Å². The quantitative estimate of drug-likeness (QED) is 0.0342. The van der Waals surface area contributed by atoms with Gasteiger partial charge in [0.05, 0.1) is 18.9 Å². The molecule has 0 aliphatic rings. The minimum atomic E-state index is -1.06. The van der Waals surface area contributed by atoms with Crippen LogP contribution in [0.1, 0.15) is 63.4 Å². The Kier molecular flexibility index (Phi) is 18.7. The lowest BCUT2D eigenvalue weighted by molar-refractivity contribution is -0.131. The molecule has 14 N–H and O–H groups in total. The van der Waals surface area contributed by atoms with Crippen LogP contribution in [0.25, 0.3) is 10.9 Å². The van der Waals surface area contributed by atoms with Crippen molar-refractivity contribution in [2.45, 2.75) is 76.3 Å². The number of nitrogens with one attached hydrogen (secondary N) is 6. The van der Waals surface area contributed by atoms with Gasteiger partial charge >= 0.3 is 0 Å². The van der Waals surface area contributed by atoms with Crippen molar-refractivity contribution in [2.24, 2.45) is 27.9 Å². The summed E-state index contributed by atoms with van der Waals surface area (Å²) in [4.78, 5) is 67.9. The lowest BCUT2D eigenvalue weighted by atomic mass is 10.1. The third-order valence-corrected chi connectivity index (χ3v) is 7.47. The van der Waals surface area contributed by atoms with E-state index in [1.54, 1.807) is 6.20 Å². The molecule has 1 aromatic heterocycles. The molecule has 1 unspecified atom stereocenters. The van der Waals surface area contributed by atoms with Crippen LogP contribution < -0.4 is 49.5 Å². The number of aromatic amines is 1. The van der Waals surface area contributed by atoms with Gasteiger partial charge in [-0.15, -0.1) is 0 Å². The predicted octanol–water partition coefficient (Wildman–Crippen LogP) is -1.27. The summed E-state index contributed by atoms with van der Waals surface area (Å²) < 4.78 is 0. The number of hydrogen-bond acceptors (Lipinski definition) is 8. The number of rotatable bonds is 25. The van der Waals surface area contributed by atoms with Gasteiger partial charge in [0, 0.05) is 56.2 Å². The number of primary amides is 1. The second-order valence-corrected chi connectivity index (χ2v) is 11.6. The number of aromatic nitrogens is 1. The zero-order valence-electron chi connectivity index (χ0n) is 27.7. The molecule has 2 aromatic rings. The van der Waals surface area contributed by atoms with Crippen LogP contribution in [0, 0.1) is 0 Å². The van der Waals surface area contributed by atoms with E-state index in [9.17, 15) is 24.0 Å². The third kappa shape index (κ3) is 16.7. The van der Waals surface area contributed by atoms with Crippen molar-refractivity contribution >= 4 is 46.4 Å². The molecule has 5 amide bonds. The van der Waals surface area contributed by atoms with Crippen molar-refractivity contribution < 1.29 is 24.0 Å². The number of H-pyrrole nitrogens is 1. The van der Waals surface area contributed by atoms with Gasteiger partial charge in [-0.1, -0.05) is 18.2 Å². The van der Waals surface area contributed by atoms with E-state index >= 15 is 0 Å². The number of hydrogen-bond donors (Lipinski definition) is 10. The van der Waals surface area contributed by atoms with Crippen molar-refractivity contribution in [3.63, 3.8) is 0 Å². The van der Waals surface area contributed by atoms with E-state index in [-0.39, 0.29) is 36.5 Å². The van der Waals surface area contributed by atoms with Gasteiger partial charge in [-0.3, -0.25) is 29.0 Å². The number of guanidine groups is 1. The smallest absolute Gasteiger partial charge is 0.243 e. The molecule has 16 nitrogen and oxygen atoms in total. The number of aliphatic imine (C=N–C) groups is 1. The molecule has 0 fully saturated rings. The molecule has 48 heavy (non-hydrogen) atoms. The van der Waals surface area contributed by atoms with E-state index < -0.39 is 23.9 Å². The summed E-state index contributed by atoms with van der Waals surface area (Å²) in [6, 6.07) is 5.94. The first-order chi connectivity index (χ1) is 23.1. The number of benzene rings is 1. The molecule has 1 aromatic carbocycles.